The van der Waals surface area contributed by atoms with Crippen LogP contribution in [0.2, 0.25) is 0 Å². The molecule has 1 aromatic rings. The van der Waals surface area contributed by atoms with Crippen LogP contribution in [0.25, 0.3) is 0 Å². The average Bonchev–Trinajstić information content (AvgIpc) is 2.26. The molecular weight excluding hydrogens is 248 g/mol. The molecule has 0 spiro atoms. The van der Waals surface area contributed by atoms with E-state index in [0.29, 0.717) is 0 Å². The first kappa shape index (κ1) is 13.4. The highest BCUT2D eigenvalue weighted by atomic mass is 16.6. The lowest BCUT2D eigenvalue weighted by Gasteiger charge is -2.04. The summed E-state index contributed by atoms with van der Waals surface area (Å²) in [6.07, 6.45) is -0.550. The lowest BCUT2D eigenvalue weighted by atomic mass is 10.1. The van der Waals surface area contributed by atoms with Gasteiger partial charge in [-0.15, -0.1) is 0 Å². The summed E-state index contributed by atoms with van der Waals surface area (Å²) in [6.45, 7) is 0. The molecule has 0 aliphatic heterocycles. The minimum atomic E-state index is -1.25. The Labute approximate surface area is 99.9 Å². The number of nitro benzene ring substituents is 2. The second-order valence-corrected chi connectivity index (χ2v) is 3.25. The van der Waals surface area contributed by atoms with Gasteiger partial charge in [-0.1, -0.05) is 0 Å². The van der Waals surface area contributed by atoms with Gasteiger partial charge >= 0.3 is 17.3 Å². The zero-order chi connectivity index (χ0) is 13.9. The van der Waals surface area contributed by atoms with Gasteiger partial charge in [-0.25, -0.2) is 0 Å². The van der Waals surface area contributed by atoms with E-state index >= 15 is 0 Å². The first-order valence-corrected chi connectivity index (χ1v) is 4.58. The maximum atomic E-state index is 10.7. The predicted molar refractivity (Wildman–Crippen MR) is 57.6 cm³/mol. The van der Waals surface area contributed by atoms with E-state index in [1.165, 1.54) is 0 Å². The Kier molecular flexibility index (Phi) is 3.77. The predicted octanol–water partition coefficient (Wildman–Crippen LogP) is 1.14. The van der Waals surface area contributed by atoms with Gasteiger partial charge in [-0.3, -0.25) is 25.0 Å². The molecule has 0 saturated heterocycles. The van der Waals surface area contributed by atoms with Crippen LogP contribution in [-0.4, -0.2) is 28.0 Å². The molecule has 1 N–H and O–H groups in total. The van der Waals surface area contributed by atoms with E-state index in [-0.39, 0.29) is 5.56 Å². The van der Waals surface area contributed by atoms with E-state index in [0.717, 1.165) is 19.2 Å². The number of rotatable bonds is 5. The van der Waals surface area contributed by atoms with E-state index in [2.05, 4.69) is 4.74 Å². The van der Waals surface area contributed by atoms with Crippen molar-refractivity contribution in [3.8, 4) is 5.75 Å². The normalized spacial score (nSPS) is 9.83. The van der Waals surface area contributed by atoms with Crippen LogP contribution in [0.15, 0.2) is 12.1 Å². The van der Waals surface area contributed by atoms with Crippen LogP contribution in [0.4, 0.5) is 11.4 Å². The van der Waals surface area contributed by atoms with Crippen LogP contribution in [0.3, 0.4) is 0 Å². The molecule has 0 aromatic heterocycles. The number of carbonyl (C=O) groups is 1. The van der Waals surface area contributed by atoms with Crippen molar-refractivity contribution < 1.29 is 24.5 Å². The molecule has 1 aromatic carbocycles. The zero-order valence-corrected chi connectivity index (χ0v) is 9.15. The van der Waals surface area contributed by atoms with Crippen LogP contribution >= 0.6 is 0 Å². The highest BCUT2D eigenvalue weighted by molar-refractivity contribution is 5.72. The number of hydrogen-bond acceptors (Lipinski definition) is 6. The Morgan fingerprint density at radius 2 is 1.72 bits per heavy atom. The number of ether oxygens (including phenoxy) is 1. The van der Waals surface area contributed by atoms with E-state index in [9.17, 15) is 25.0 Å². The fourth-order valence-electron chi connectivity index (χ4n) is 1.41. The maximum Gasteiger partial charge on any atom is 0.318 e. The Hall–Kier alpha value is -2.71. The molecule has 0 unspecified atom stereocenters. The summed E-state index contributed by atoms with van der Waals surface area (Å²) in [4.78, 5) is 30.3. The largest absolute Gasteiger partial charge is 0.485 e. The molecule has 0 fully saturated rings. The monoisotopic (exact) mass is 256 g/mol. The molecule has 0 aliphatic carbocycles. The molecule has 9 heteroatoms. The molecule has 0 bridgehead atoms. The van der Waals surface area contributed by atoms with E-state index in [1.54, 1.807) is 0 Å². The summed E-state index contributed by atoms with van der Waals surface area (Å²) < 4.78 is 4.63. The van der Waals surface area contributed by atoms with Gasteiger partial charge in [-0.05, 0) is 5.56 Å². The van der Waals surface area contributed by atoms with Crippen LogP contribution < -0.4 is 4.74 Å². The molecule has 0 atom stereocenters. The first-order valence-electron chi connectivity index (χ1n) is 4.58. The Morgan fingerprint density at radius 3 is 2.00 bits per heavy atom. The number of benzene rings is 1. The highest BCUT2D eigenvalue weighted by Gasteiger charge is 2.28. The zero-order valence-electron chi connectivity index (χ0n) is 9.15. The van der Waals surface area contributed by atoms with E-state index < -0.39 is 39.4 Å². The maximum absolute atomic E-state index is 10.7. The fraction of sp³-hybridized carbons (Fsp3) is 0.222. The second kappa shape index (κ2) is 5.08. The molecule has 0 saturated carbocycles. The average molecular weight is 256 g/mol. The van der Waals surface area contributed by atoms with Gasteiger partial charge in [0.15, 0.2) is 0 Å². The Morgan fingerprint density at radius 1 is 1.28 bits per heavy atom. The third-order valence-electron chi connectivity index (χ3n) is 2.06. The quantitative estimate of drug-likeness (QED) is 0.616. The van der Waals surface area contributed by atoms with Gasteiger partial charge in [0.1, 0.15) is 0 Å². The Balaban J connectivity index is 3.48. The molecule has 96 valence electrons. The molecule has 1 rings (SSSR count). The van der Waals surface area contributed by atoms with Crippen molar-refractivity contribution in [1.82, 2.24) is 0 Å². The van der Waals surface area contributed by atoms with Crippen molar-refractivity contribution in [2.24, 2.45) is 0 Å². The van der Waals surface area contributed by atoms with Crippen LogP contribution in [0.1, 0.15) is 5.56 Å². The number of methoxy groups -OCH3 is 1. The summed E-state index contributed by atoms with van der Waals surface area (Å²) >= 11 is 0. The lowest BCUT2D eigenvalue weighted by Crippen LogP contribution is -2.04. The topological polar surface area (TPSA) is 133 Å². The number of carboxylic acids is 1. The van der Waals surface area contributed by atoms with Crippen molar-refractivity contribution in [1.29, 1.82) is 0 Å². The van der Waals surface area contributed by atoms with Crippen molar-refractivity contribution in [3.05, 3.63) is 37.9 Å². The fourth-order valence-corrected chi connectivity index (χ4v) is 1.41. The molecule has 0 heterocycles. The minimum absolute atomic E-state index is 0.0401. The van der Waals surface area contributed by atoms with Gasteiger partial charge < -0.3 is 9.84 Å². The van der Waals surface area contributed by atoms with Crippen molar-refractivity contribution in [3.63, 3.8) is 0 Å². The molecule has 9 nitrogen and oxygen atoms in total. The smallest absolute Gasteiger partial charge is 0.318 e. The standard InChI is InChI=1S/C9H8N2O7/c1-18-9-6(10(14)15)2-5(4-8(12)13)3-7(9)11(16)17/h2-3H,4H2,1H3,(H,12,13). The summed E-state index contributed by atoms with van der Waals surface area (Å²) in [5.74, 6) is -1.75. The van der Waals surface area contributed by atoms with Crippen molar-refractivity contribution in [2.75, 3.05) is 7.11 Å². The SMILES string of the molecule is COc1c([N+](=O)[O-])cc(CC(=O)O)cc1[N+](=O)[O-]. The highest BCUT2D eigenvalue weighted by Crippen LogP contribution is 2.37. The van der Waals surface area contributed by atoms with Crippen LogP contribution in [0, 0.1) is 20.2 Å². The molecule has 0 amide bonds. The van der Waals surface area contributed by atoms with Crippen molar-refractivity contribution >= 4 is 17.3 Å². The first-order chi connectivity index (χ1) is 8.36. The summed E-state index contributed by atoms with van der Waals surface area (Å²) in [6, 6.07) is 1.89. The van der Waals surface area contributed by atoms with E-state index in [4.69, 9.17) is 5.11 Å². The number of nitro groups is 2. The summed E-state index contributed by atoms with van der Waals surface area (Å²) in [5, 5.41) is 30.1. The van der Waals surface area contributed by atoms with Gasteiger partial charge in [0.25, 0.3) is 5.75 Å². The summed E-state index contributed by atoms with van der Waals surface area (Å²) in [7, 11) is 1.06. The second-order valence-electron chi connectivity index (χ2n) is 3.25. The summed E-state index contributed by atoms with van der Waals surface area (Å²) in [5.41, 5.74) is -1.31. The van der Waals surface area contributed by atoms with Gasteiger partial charge in [-0.2, -0.15) is 0 Å². The molecule has 0 aliphatic rings. The van der Waals surface area contributed by atoms with Gasteiger partial charge in [0, 0.05) is 12.1 Å². The molecule has 0 radical (unpaired) electrons. The number of hydrogen-bond donors (Lipinski definition) is 1. The number of nitrogens with zero attached hydrogens (tertiary/aromatic N) is 2. The third kappa shape index (κ3) is 2.70. The lowest BCUT2D eigenvalue weighted by molar-refractivity contribution is -0.395. The number of carboxylic acid groups (broad SMARTS) is 1. The minimum Gasteiger partial charge on any atom is -0.485 e. The molecule has 18 heavy (non-hydrogen) atoms. The number of aliphatic carboxylic acids is 1. The van der Waals surface area contributed by atoms with Crippen LogP contribution in [0.5, 0.6) is 5.75 Å². The van der Waals surface area contributed by atoms with Gasteiger partial charge in [0.2, 0.25) is 0 Å². The molecular formula is C9H8N2O7. The van der Waals surface area contributed by atoms with Crippen LogP contribution in [-0.2, 0) is 11.2 Å². The van der Waals surface area contributed by atoms with Gasteiger partial charge in [0.05, 0.1) is 23.4 Å². The van der Waals surface area contributed by atoms with Crippen molar-refractivity contribution in [2.45, 2.75) is 6.42 Å². The Bertz CT molecular complexity index is 491. The van der Waals surface area contributed by atoms with E-state index in [1.807, 2.05) is 0 Å². The third-order valence-corrected chi connectivity index (χ3v) is 2.06.